The van der Waals surface area contributed by atoms with E-state index in [1.807, 2.05) is 0 Å². The highest BCUT2D eigenvalue weighted by Gasteiger charge is 2.48. The minimum absolute atomic E-state index is 1.07. The molecule has 0 aromatic carbocycles. The van der Waals surface area contributed by atoms with Crippen LogP contribution in [0, 0.1) is 5.41 Å². The Kier molecular flexibility index (Phi) is 5.09. The fourth-order valence-corrected chi connectivity index (χ4v) is 1.37. The lowest BCUT2D eigenvalue weighted by molar-refractivity contribution is -0.200. The van der Waals surface area contributed by atoms with Gasteiger partial charge in [-0.05, 0) is 5.53 Å². The number of rotatable bonds is 5. The maximum atomic E-state index is 12.1. The summed E-state index contributed by atoms with van der Waals surface area (Å²) in [4.78, 5) is 2.11. The van der Waals surface area contributed by atoms with Crippen LogP contribution in [-0.2, 0) is 0 Å². The maximum absolute atomic E-state index is 12.1. The van der Waals surface area contributed by atoms with Crippen molar-refractivity contribution in [3.63, 3.8) is 0 Å². The highest BCUT2D eigenvalue weighted by Crippen LogP contribution is 2.41. The third-order valence-corrected chi connectivity index (χ3v) is 1.96. The average Bonchev–Trinajstić information content (AvgIpc) is 2.09. The van der Waals surface area contributed by atoms with Crippen LogP contribution in [0.3, 0.4) is 0 Å². The molecule has 0 aromatic rings. The van der Waals surface area contributed by atoms with E-state index in [1.165, 1.54) is 0 Å². The topological polar surface area (TPSA) is 69.0 Å². The fourth-order valence-electron chi connectivity index (χ4n) is 1.37. The van der Waals surface area contributed by atoms with E-state index in [1.54, 1.807) is 0 Å². The summed E-state index contributed by atoms with van der Waals surface area (Å²) in [6.07, 6.45) is -13.5. The number of alkyl halides is 6. The molecule has 0 fully saturated rings. The first-order chi connectivity index (χ1) is 7.54. The van der Waals surface area contributed by atoms with E-state index < -0.39 is 43.8 Å². The van der Waals surface area contributed by atoms with Gasteiger partial charge in [-0.1, -0.05) is 5.11 Å². The molecular weight excluding hydrogens is 256 g/mol. The maximum Gasteiger partial charge on any atom is 0.389 e. The predicted molar refractivity (Wildman–Crippen MR) is 44.9 cm³/mol. The molecule has 0 amide bonds. The van der Waals surface area contributed by atoms with Crippen molar-refractivity contribution in [2.45, 2.75) is 25.2 Å². The molecule has 10 heteroatoms. The van der Waals surface area contributed by atoms with Crippen LogP contribution in [0.25, 0.3) is 10.4 Å². The molecule has 17 heavy (non-hydrogen) atoms. The molecule has 0 heterocycles. The van der Waals surface area contributed by atoms with E-state index >= 15 is 0 Å². The van der Waals surface area contributed by atoms with Gasteiger partial charge in [0.1, 0.15) is 0 Å². The number of hydrogen-bond acceptors (Lipinski definition) is 2. The molecule has 0 rings (SSSR count). The first kappa shape index (κ1) is 15.9. The number of aliphatic hydroxyl groups excluding tert-OH is 1. The Hall–Kier alpha value is -1.15. The molecular formula is C7H9F6N3O. The Morgan fingerprint density at radius 1 is 1.00 bits per heavy atom. The van der Waals surface area contributed by atoms with E-state index in [0.29, 0.717) is 0 Å². The molecule has 0 unspecified atom stereocenters. The van der Waals surface area contributed by atoms with Crippen molar-refractivity contribution in [2.75, 3.05) is 13.2 Å². The molecule has 0 aliphatic heterocycles. The Labute approximate surface area is 91.9 Å². The lowest BCUT2D eigenvalue weighted by Gasteiger charge is -2.31. The smallest absolute Gasteiger partial charge is 0.389 e. The van der Waals surface area contributed by atoms with Gasteiger partial charge in [0.25, 0.3) is 0 Å². The first-order valence-electron chi connectivity index (χ1n) is 4.29. The van der Waals surface area contributed by atoms with Crippen LogP contribution < -0.4 is 0 Å². The van der Waals surface area contributed by atoms with Crippen LogP contribution >= 0.6 is 0 Å². The molecule has 4 nitrogen and oxygen atoms in total. The van der Waals surface area contributed by atoms with Crippen LogP contribution in [0.5, 0.6) is 0 Å². The van der Waals surface area contributed by atoms with Crippen molar-refractivity contribution in [1.29, 1.82) is 0 Å². The zero-order chi connectivity index (χ0) is 13.7. The summed E-state index contributed by atoms with van der Waals surface area (Å²) in [6.45, 7) is -2.44. The van der Waals surface area contributed by atoms with Gasteiger partial charge in [0, 0.05) is 23.5 Å². The highest BCUT2D eigenvalue weighted by molar-refractivity contribution is 4.86. The van der Waals surface area contributed by atoms with Gasteiger partial charge in [0.05, 0.1) is 12.8 Å². The summed E-state index contributed by atoms with van der Waals surface area (Å²) in [5.74, 6) is 0. The standard InChI is InChI=1S/C7H9F6N3O/c8-6(9,10)1-5(4-17,3-15-16-14)2-7(11,12)13/h17H,1-4H2. The number of azide groups is 1. The molecule has 0 aliphatic carbocycles. The molecule has 0 bridgehead atoms. The van der Waals surface area contributed by atoms with Gasteiger partial charge in [-0.15, -0.1) is 0 Å². The third kappa shape index (κ3) is 6.90. The zero-order valence-electron chi connectivity index (χ0n) is 8.39. The summed E-state index contributed by atoms with van der Waals surface area (Å²) < 4.78 is 72.8. The normalized spacial score (nSPS) is 13.4. The van der Waals surface area contributed by atoms with Crippen molar-refractivity contribution in [1.82, 2.24) is 0 Å². The Balaban J connectivity index is 5.06. The van der Waals surface area contributed by atoms with Gasteiger partial charge in [0.2, 0.25) is 0 Å². The van der Waals surface area contributed by atoms with E-state index in [4.69, 9.17) is 10.6 Å². The second-order valence-electron chi connectivity index (χ2n) is 3.63. The second kappa shape index (κ2) is 5.46. The van der Waals surface area contributed by atoms with Crippen molar-refractivity contribution in [3.8, 4) is 0 Å². The Morgan fingerprint density at radius 3 is 1.65 bits per heavy atom. The molecule has 0 radical (unpaired) electrons. The molecule has 0 saturated heterocycles. The SMILES string of the molecule is [N-]=[N+]=NCC(CO)(CC(F)(F)F)CC(F)(F)F. The minimum atomic E-state index is -4.89. The van der Waals surface area contributed by atoms with Crippen molar-refractivity contribution in [3.05, 3.63) is 10.4 Å². The Bertz CT molecular complexity index is 277. The fraction of sp³-hybridized carbons (Fsp3) is 1.00. The molecule has 0 spiro atoms. The highest BCUT2D eigenvalue weighted by atomic mass is 19.4. The average molecular weight is 265 g/mol. The molecule has 1 N–H and O–H groups in total. The van der Waals surface area contributed by atoms with E-state index in [2.05, 4.69) is 10.0 Å². The summed E-state index contributed by atoms with van der Waals surface area (Å²) >= 11 is 0. The number of aliphatic hydroxyl groups is 1. The van der Waals surface area contributed by atoms with Gasteiger partial charge < -0.3 is 5.11 Å². The minimum Gasteiger partial charge on any atom is -0.396 e. The predicted octanol–water partition coefficient (Wildman–Crippen LogP) is 3.18. The van der Waals surface area contributed by atoms with Crippen LogP contribution in [0.2, 0.25) is 0 Å². The number of halogens is 6. The van der Waals surface area contributed by atoms with Crippen LogP contribution in [-0.4, -0.2) is 30.6 Å². The van der Waals surface area contributed by atoms with Gasteiger partial charge in [-0.2, -0.15) is 26.3 Å². The monoisotopic (exact) mass is 265 g/mol. The lowest BCUT2D eigenvalue weighted by atomic mass is 9.81. The van der Waals surface area contributed by atoms with Crippen molar-refractivity contribution >= 4 is 0 Å². The Morgan fingerprint density at radius 2 is 1.41 bits per heavy atom. The van der Waals surface area contributed by atoms with Crippen LogP contribution in [0.4, 0.5) is 26.3 Å². The molecule has 0 saturated carbocycles. The van der Waals surface area contributed by atoms with Gasteiger partial charge in [0.15, 0.2) is 0 Å². The van der Waals surface area contributed by atoms with Gasteiger partial charge in [-0.25, -0.2) is 0 Å². The summed E-state index contributed by atoms with van der Waals surface area (Å²) in [5.41, 5.74) is 5.38. The van der Waals surface area contributed by atoms with E-state index in [0.717, 1.165) is 0 Å². The molecule has 0 aromatic heterocycles. The van der Waals surface area contributed by atoms with E-state index in [9.17, 15) is 26.3 Å². The largest absolute Gasteiger partial charge is 0.396 e. The van der Waals surface area contributed by atoms with Gasteiger partial charge >= 0.3 is 12.4 Å². The van der Waals surface area contributed by atoms with Crippen LogP contribution in [0.15, 0.2) is 5.11 Å². The molecule has 0 aliphatic rings. The van der Waals surface area contributed by atoms with Crippen molar-refractivity contribution < 1.29 is 31.4 Å². The number of nitrogens with zero attached hydrogens (tertiary/aromatic N) is 3. The summed E-state index contributed by atoms with van der Waals surface area (Å²) in [6, 6.07) is 0. The lowest BCUT2D eigenvalue weighted by Crippen LogP contribution is -2.38. The molecule has 100 valence electrons. The first-order valence-corrected chi connectivity index (χ1v) is 4.29. The van der Waals surface area contributed by atoms with Crippen LogP contribution in [0.1, 0.15) is 12.8 Å². The number of hydrogen-bond donors (Lipinski definition) is 1. The second-order valence-corrected chi connectivity index (χ2v) is 3.63. The molecule has 0 atom stereocenters. The third-order valence-electron chi connectivity index (χ3n) is 1.96. The summed E-state index contributed by atoms with van der Waals surface area (Å²) in [7, 11) is 0. The zero-order valence-corrected chi connectivity index (χ0v) is 8.39. The quantitative estimate of drug-likeness (QED) is 0.352. The summed E-state index contributed by atoms with van der Waals surface area (Å²) in [5, 5.41) is 11.5. The van der Waals surface area contributed by atoms with Gasteiger partial charge in [-0.3, -0.25) is 0 Å². The van der Waals surface area contributed by atoms with E-state index in [-0.39, 0.29) is 0 Å². The van der Waals surface area contributed by atoms with Crippen molar-refractivity contribution in [2.24, 2.45) is 10.5 Å².